The third-order valence-corrected chi connectivity index (χ3v) is 2.20. The number of hydrogen-bond acceptors (Lipinski definition) is 3. The molecule has 1 aliphatic heterocycles. The van der Waals surface area contributed by atoms with E-state index in [1.807, 2.05) is 0 Å². The van der Waals surface area contributed by atoms with Crippen molar-refractivity contribution >= 4 is 11.9 Å². The lowest BCUT2D eigenvalue weighted by molar-refractivity contribution is -0.142. The van der Waals surface area contributed by atoms with E-state index in [1.54, 1.807) is 0 Å². The Kier molecular flexibility index (Phi) is 3.25. The summed E-state index contributed by atoms with van der Waals surface area (Å²) in [5, 5.41) is 20.0. The molecule has 0 aliphatic carbocycles. The molecule has 0 aromatic carbocycles. The van der Waals surface area contributed by atoms with E-state index in [0.717, 1.165) is 12.8 Å². The molecule has 2 atom stereocenters. The fourth-order valence-corrected chi connectivity index (χ4v) is 1.59. The van der Waals surface area contributed by atoms with Crippen molar-refractivity contribution in [3.63, 3.8) is 0 Å². The van der Waals surface area contributed by atoms with Crippen LogP contribution in [0.2, 0.25) is 0 Å². The van der Waals surface area contributed by atoms with Crippen LogP contribution in [-0.4, -0.2) is 34.2 Å². The summed E-state index contributed by atoms with van der Waals surface area (Å²) in [5.74, 6) is -1.78. The number of piperidine rings is 1. The summed E-state index contributed by atoms with van der Waals surface area (Å²) in [4.78, 5) is 20.9. The van der Waals surface area contributed by atoms with Crippen molar-refractivity contribution in [1.82, 2.24) is 5.32 Å². The molecule has 1 fully saturated rings. The van der Waals surface area contributed by atoms with Crippen LogP contribution in [0, 0.1) is 0 Å². The second-order valence-electron chi connectivity index (χ2n) is 3.28. The molecule has 5 heteroatoms. The second-order valence-corrected chi connectivity index (χ2v) is 3.28. The van der Waals surface area contributed by atoms with Gasteiger partial charge in [-0.15, -0.1) is 0 Å². The summed E-state index contributed by atoms with van der Waals surface area (Å²) in [6, 6.07) is -0.759. The second kappa shape index (κ2) is 4.23. The summed E-state index contributed by atoms with van der Waals surface area (Å²) >= 11 is 0. The predicted molar refractivity (Wildman–Crippen MR) is 44.5 cm³/mol. The number of nitrogens with one attached hydrogen (secondary N) is 1. The quantitative estimate of drug-likeness (QED) is 0.581. The molecule has 0 aromatic rings. The van der Waals surface area contributed by atoms with Crippen LogP contribution in [0.1, 0.15) is 25.7 Å². The van der Waals surface area contributed by atoms with Crippen LogP contribution in [0.3, 0.4) is 0 Å². The van der Waals surface area contributed by atoms with E-state index in [-0.39, 0.29) is 12.5 Å². The third-order valence-electron chi connectivity index (χ3n) is 2.20. The molecule has 0 spiro atoms. The fourth-order valence-electron chi connectivity index (χ4n) is 1.59. The first-order valence-corrected chi connectivity index (χ1v) is 4.30. The van der Waals surface area contributed by atoms with Gasteiger partial charge >= 0.3 is 11.9 Å². The summed E-state index contributed by atoms with van der Waals surface area (Å²) < 4.78 is 0. The zero-order valence-corrected chi connectivity index (χ0v) is 7.19. The Morgan fingerprint density at radius 1 is 1.31 bits per heavy atom. The van der Waals surface area contributed by atoms with Crippen LogP contribution in [0.15, 0.2) is 0 Å². The van der Waals surface area contributed by atoms with Crippen LogP contribution < -0.4 is 5.32 Å². The Morgan fingerprint density at radius 3 is 2.54 bits per heavy atom. The molecule has 2 unspecified atom stereocenters. The lowest BCUT2D eigenvalue weighted by atomic mass is 9.97. The first-order valence-electron chi connectivity index (χ1n) is 4.30. The molecule has 1 saturated heterocycles. The van der Waals surface area contributed by atoms with Gasteiger partial charge in [-0.3, -0.25) is 9.59 Å². The van der Waals surface area contributed by atoms with Crippen molar-refractivity contribution in [3.05, 3.63) is 0 Å². The van der Waals surface area contributed by atoms with E-state index in [9.17, 15) is 9.59 Å². The molecule has 5 nitrogen and oxygen atoms in total. The fraction of sp³-hybridized carbons (Fsp3) is 0.750. The first kappa shape index (κ1) is 9.98. The molecule has 74 valence electrons. The van der Waals surface area contributed by atoms with Gasteiger partial charge in [0.1, 0.15) is 6.04 Å². The summed E-state index contributed by atoms with van der Waals surface area (Å²) in [5.41, 5.74) is 0. The summed E-state index contributed by atoms with van der Waals surface area (Å²) in [6.45, 7) is 0. The highest BCUT2D eigenvalue weighted by Crippen LogP contribution is 2.14. The van der Waals surface area contributed by atoms with Crippen LogP contribution in [0.5, 0.6) is 0 Å². The molecule has 13 heavy (non-hydrogen) atoms. The van der Waals surface area contributed by atoms with E-state index in [0.29, 0.717) is 6.42 Å². The van der Waals surface area contributed by atoms with Crippen LogP contribution in [-0.2, 0) is 9.59 Å². The topological polar surface area (TPSA) is 86.6 Å². The number of carbonyl (C=O) groups is 2. The summed E-state index contributed by atoms with van der Waals surface area (Å²) in [6.07, 6.45) is 2.12. The molecule has 1 aliphatic rings. The van der Waals surface area contributed by atoms with Crippen LogP contribution >= 0.6 is 0 Å². The van der Waals surface area contributed by atoms with Gasteiger partial charge in [-0.25, -0.2) is 0 Å². The molecular weight excluding hydrogens is 174 g/mol. The molecule has 1 heterocycles. The molecule has 0 aromatic heterocycles. The lowest BCUT2D eigenvalue weighted by Gasteiger charge is -2.27. The van der Waals surface area contributed by atoms with Crippen LogP contribution in [0.25, 0.3) is 0 Å². The minimum atomic E-state index is -0.893. The molecular formula is C8H13NO4. The van der Waals surface area contributed by atoms with E-state index < -0.39 is 18.0 Å². The molecule has 0 amide bonds. The van der Waals surface area contributed by atoms with Crippen molar-refractivity contribution in [2.45, 2.75) is 37.8 Å². The van der Waals surface area contributed by atoms with E-state index in [1.165, 1.54) is 0 Å². The molecule has 0 radical (unpaired) electrons. The maximum Gasteiger partial charge on any atom is 0.320 e. The normalized spacial score (nSPS) is 28.3. The van der Waals surface area contributed by atoms with Crippen molar-refractivity contribution in [2.75, 3.05) is 0 Å². The van der Waals surface area contributed by atoms with Crippen molar-refractivity contribution < 1.29 is 19.8 Å². The average Bonchev–Trinajstić information content (AvgIpc) is 2.03. The number of aliphatic carboxylic acids is 2. The predicted octanol–water partition coefficient (Wildman–Crippen LogP) is 0.0564. The zero-order valence-electron chi connectivity index (χ0n) is 7.19. The average molecular weight is 187 g/mol. The minimum absolute atomic E-state index is 0.00375. The van der Waals surface area contributed by atoms with Crippen molar-refractivity contribution in [1.29, 1.82) is 0 Å². The van der Waals surface area contributed by atoms with Crippen molar-refractivity contribution in [2.24, 2.45) is 0 Å². The maximum atomic E-state index is 10.6. The Balaban J connectivity index is 2.41. The highest BCUT2D eigenvalue weighted by molar-refractivity contribution is 5.74. The number of carboxylic acid groups (broad SMARTS) is 2. The largest absolute Gasteiger partial charge is 0.481 e. The van der Waals surface area contributed by atoms with Gasteiger partial charge in [0.25, 0.3) is 0 Å². The summed E-state index contributed by atoms with van der Waals surface area (Å²) in [7, 11) is 0. The third kappa shape index (κ3) is 3.02. The SMILES string of the molecule is O=C(O)CC1CCCC(C(=O)O)N1. The number of rotatable bonds is 3. The van der Waals surface area contributed by atoms with Gasteiger partial charge < -0.3 is 15.5 Å². The minimum Gasteiger partial charge on any atom is -0.481 e. The highest BCUT2D eigenvalue weighted by Gasteiger charge is 2.26. The Morgan fingerprint density at radius 2 is 2.00 bits per heavy atom. The standard InChI is InChI=1S/C8H13NO4/c10-7(11)4-5-2-1-3-6(9-5)8(12)13/h5-6,9H,1-4H2,(H,10,11)(H,12,13). The van der Waals surface area contributed by atoms with Crippen LogP contribution in [0.4, 0.5) is 0 Å². The van der Waals surface area contributed by atoms with E-state index in [2.05, 4.69) is 5.32 Å². The Labute approximate surface area is 75.7 Å². The van der Waals surface area contributed by atoms with Gasteiger partial charge in [0.15, 0.2) is 0 Å². The molecule has 0 saturated carbocycles. The van der Waals surface area contributed by atoms with E-state index >= 15 is 0 Å². The molecule has 3 N–H and O–H groups in total. The van der Waals surface area contributed by atoms with Gasteiger partial charge in [-0.2, -0.15) is 0 Å². The molecule has 0 bridgehead atoms. The zero-order chi connectivity index (χ0) is 9.84. The van der Waals surface area contributed by atoms with Crippen molar-refractivity contribution in [3.8, 4) is 0 Å². The van der Waals surface area contributed by atoms with Gasteiger partial charge in [-0.05, 0) is 19.3 Å². The van der Waals surface area contributed by atoms with Gasteiger partial charge in [0, 0.05) is 6.04 Å². The Bertz CT molecular complexity index is 216. The Hall–Kier alpha value is -1.10. The maximum absolute atomic E-state index is 10.6. The number of carboxylic acids is 2. The highest BCUT2D eigenvalue weighted by atomic mass is 16.4. The smallest absolute Gasteiger partial charge is 0.320 e. The molecule has 1 rings (SSSR count). The monoisotopic (exact) mass is 187 g/mol. The van der Waals surface area contributed by atoms with Gasteiger partial charge in [0.05, 0.1) is 6.42 Å². The van der Waals surface area contributed by atoms with E-state index in [4.69, 9.17) is 10.2 Å². The van der Waals surface area contributed by atoms with Gasteiger partial charge in [0.2, 0.25) is 0 Å². The lowest BCUT2D eigenvalue weighted by Crippen LogP contribution is -2.47. The number of hydrogen-bond donors (Lipinski definition) is 3. The first-order chi connectivity index (χ1) is 6.09. The van der Waals surface area contributed by atoms with Gasteiger partial charge in [-0.1, -0.05) is 0 Å².